The molecular formula is C50H85O16P. The van der Waals surface area contributed by atoms with E-state index in [1.54, 1.807) is 0 Å². The van der Waals surface area contributed by atoms with Gasteiger partial charge in [0.1, 0.15) is 31.0 Å². The van der Waals surface area contributed by atoms with Gasteiger partial charge in [0.05, 0.1) is 43.5 Å². The Balaban J connectivity index is 2.00. The number of allylic oxidation sites excluding steroid dienone is 7. The normalized spacial score (nSPS) is 31.7. The molecule has 13 atom stereocenters. The second-order valence-corrected chi connectivity index (χ2v) is 19.4. The van der Waals surface area contributed by atoms with Gasteiger partial charge in [-0.15, -0.1) is 0 Å². The Bertz CT molecular complexity index is 1530. The minimum Gasteiger partial charge on any atom is -0.462 e. The number of fused-ring (bicyclic) bond motifs is 4. The van der Waals surface area contributed by atoms with Gasteiger partial charge in [0.15, 0.2) is 6.10 Å². The molecule has 1 unspecified atom stereocenters. The van der Waals surface area contributed by atoms with Crippen molar-refractivity contribution in [2.75, 3.05) is 13.2 Å². The van der Waals surface area contributed by atoms with Crippen LogP contribution in [0.4, 0.5) is 0 Å². The molecule has 2 bridgehead atoms. The lowest BCUT2D eigenvalue weighted by Gasteiger charge is -2.37. The van der Waals surface area contributed by atoms with E-state index < -0.39 is 112 Å². The number of aliphatic hydroxyl groups is 8. The number of esters is 2. The number of aliphatic hydroxyl groups excluding tert-OH is 8. The quantitative estimate of drug-likeness (QED) is 0.0194. The van der Waals surface area contributed by atoms with Crippen molar-refractivity contribution in [3.05, 3.63) is 60.8 Å². The lowest BCUT2D eigenvalue weighted by molar-refractivity contribution is -0.167. The van der Waals surface area contributed by atoms with Crippen LogP contribution in [0.1, 0.15) is 155 Å². The highest BCUT2D eigenvalue weighted by Gasteiger charge is 2.49. The Labute approximate surface area is 399 Å². The fourth-order valence-corrected chi connectivity index (χ4v) is 9.01. The van der Waals surface area contributed by atoms with Crippen molar-refractivity contribution in [1.29, 1.82) is 0 Å². The summed E-state index contributed by atoms with van der Waals surface area (Å²) in [4.78, 5) is 36.4. The van der Waals surface area contributed by atoms with Crippen molar-refractivity contribution < 1.29 is 78.4 Å². The molecule has 0 aromatic heterocycles. The van der Waals surface area contributed by atoms with Gasteiger partial charge in [0, 0.05) is 24.7 Å². The average Bonchev–Trinajstić information content (AvgIpc) is 3.29. The largest absolute Gasteiger partial charge is 0.472 e. The summed E-state index contributed by atoms with van der Waals surface area (Å²) in [6.07, 6.45) is 15.8. The van der Waals surface area contributed by atoms with Crippen molar-refractivity contribution in [3.8, 4) is 0 Å². The molecule has 386 valence electrons. The highest BCUT2D eigenvalue weighted by Crippen LogP contribution is 2.47. The van der Waals surface area contributed by atoms with E-state index in [1.807, 2.05) is 6.92 Å². The number of unbranched alkanes of at least 4 members (excludes halogenated alkanes) is 12. The lowest BCUT2D eigenvalue weighted by atomic mass is 9.83. The van der Waals surface area contributed by atoms with Gasteiger partial charge in [0.25, 0.3) is 0 Å². The SMILES string of the molecule is CCCCCC/C=C\C/C=C\C/C=C\CCCCCCCCC(=O)OC[C@@H]1COP(=O)(O)O[C@H]2[C@H](O)[C@@H](O)[C@H](O)[C@H](C/C=C\CC(=O)O1)[C@@H](O)C[C@@H](O)[C@H](/C=C\[C@H](O)CCCCC)[C@@H](O)[C@H]2O. The fourth-order valence-electron chi connectivity index (χ4n) is 8.04. The molecular weight excluding hydrogens is 888 g/mol. The van der Waals surface area contributed by atoms with Gasteiger partial charge in [-0.25, -0.2) is 4.57 Å². The first-order valence-electron chi connectivity index (χ1n) is 24.8. The third kappa shape index (κ3) is 25.7. The number of carbonyl (C=O) groups excluding carboxylic acids is 2. The Morgan fingerprint density at radius 2 is 1.33 bits per heavy atom. The van der Waals surface area contributed by atoms with E-state index in [0.717, 1.165) is 70.6 Å². The minimum absolute atomic E-state index is 0.0839. The molecule has 0 aromatic rings. The summed E-state index contributed by atoms with van der Waals surface area (Å²) in [5.41, 5.74) is 0. The van der Waals surface area contributed by atoms with Crippen molar-refractivity contribution >= 4 is 19.8 Å². The summed E-state index contributed by atoms with van der Waals surface area (Å²) in [6.45, 7) is 2.78. The van der Waals surface area contributed by atoms with E-state index >= 15 is 0 Å². The van der Waals surface area contributed by atoms with Crippen LogP contribution in [0.15, 0.2) is 60.8 Å². The van der Waals surface area contributed by atoms with Gasteiger partial charge >= 0.3 is 19.8 Å². The van der Waals surface area contributed by atoms with Crippen molar-refractivity contribution in [2.24, 2.45) is 11.8 Å². The van der Waals surface area contributed by atoms with E-state index in [2.05, 4.69) is 43.4 Å². The van der Waals surface area contributed by atoms with Gasteiger partial charge < -0.3 is 55.2 Å². The van der Waals surface area contributed by atoms with Crippen molar-refractivity contribution in [3.63, 3.8) is 0 Å². The number of rotatable bonds is 26. The number of hydrogen-bond acceptors (Lipinski definition) is 15. The molecule has 0 amide bonds. The first-order chi connectivity index (χ1) is 32.1. The maximum atomic E-state index is 13.4. The molecule has 1 aliphatic heterocycles. The molecule has 2 aliphatic rings. The van der Waals surface area contributed by atoms with Gasteiger partial charge in [-0.1, -0.05) is 139 Å². The van der Waals surface area contributed by atoms with E-state index in [4.69, 9.17) is 18.5 Å². The molecule has 1 fully saturated rings. The van der Waals surface area contributed by atoms with Gasteiger partial charge in [0.2, 0.25) is 0 Å². The minimum atomic E-state index is -5.43. The van der Waals surface area contributed by atoms with Crippen LogP contribution >= 0.6 is 7.82 Å². The van der Waals surface area contributed by atoms with E-state index in [1.165, 1.54) is 50.0 Å². The number of carbonyl (C=O) groups is 2. The summed E-state index contributed by atoms with van der Waals surface area (Å²) < 4.78 is 34.4. The smallest absolute Gasteiger partial charge is 0.462 e. The topological polar surface area (TPSA) is 270 Å². The maximum Gasteiger partial charge on any atom is 0.472 e. The lowest BCUT2D eigenvalue weighted by Crippen LogP contribution is -2.55. The van der Waals surface area contributed by atoms with Crippen LogP contribution in [0.3, 0.4) is 0 Å². The van der Waals surface area contributed by atoms with E-state index in [9.17, 15) is 59.9 Å². The van der Waals surface area contributed by atoms with Crippen LogP contribution in [0, 0.1) is 11.8 Å². The van der Waals surface area contributed by atoms with Crippen LogP contribution in [-0.4, -0.2) is 132 Å². The van der Waals surface area contributed by atoms with E-state index in [0.29, 0.717) is 19.3 Å². The number of hydrogen-bond donors (Lipinski definition) is 9. The molecule has 1 heterocycles. The van der Waals surface area contributed by atoms with Crippen LogP contribution in [-0.2, 0) is 32.7 Å². The number of cyclic esters (lactones) is 1. The third-order valence-corrected chi connectivity index (χ3v) is 13.2. The molecule has 1 aliphatic carbocycles. The average molecular weight is 973 g/mol. The third-order valence-electron chi connectivity index (χ3n) is 12.2. The Hall–Kier alpha value is -2.57. The molecule has 0 aromatic carbocycles. The number of phosphoric acid groups is 1. The zero-order chi connectivity index (χ0) is 49.5. The van der Waals surface area contributed by atoms with Crippen molar-refractivity contribution in [1.82, 2.24) is 0 Å². The Morgan fingerprint density at radius 1 is 0.746 bits per heavy atom. The zero-order valence-corrected chi connectivity index (χ0v) is 40.9. The predicted octanol–water partition coefficient (Wildman–Crippen LogP) is 6.49. The first kappa shape index (κ1) is 60.6. The molecule has 0 spiro atoms. The molecule has 9 N–H and O–H groups in total. The van der Waals surface area contributed by atoms with E-state index in [-0.39, 0.29) is 19.3 Å². The van der Waals surface area contributed by atoms with Gasteiger partial charge in [-0.05, 0) is 57.8 Å². The van der Waals surface area contributed by atoms with Crippen LogP contribution in [0.2, 0.25) is 0 Å². The summed E-state index contributed by atoms with van der Waals surface area (Å²) in [5.74, 6) is -4.26. The molecule has 0 saturated heterocycles. The molecule has 16 nitrogen and oxygen atoms in total. The van der Waals surface area contributed by atoms with Crippen LogP contribution in [0.5, 0.6) is 0 Å². The highest BCUT2D eigenvalue weighted by molar-refractivity contribution is 7.47. The number of ether oxygens (including phenoxy) is 2. The van der Waals surface area contributed by atoms with Crippen LogP contribution < -0.4 is 0 Å². The van der Waals surface area contributed by atoms with Gasteiger partial charge in [-0.3, -0.25) is 18.6 Å². The number of phosphoric ester groups is 1. The Morgan fingerprint density at radius 3 is 1.99 bits per heavy atom. The summed E-state index contributed by atoms with van der Waals surface area (Å²) in [7, 11) is -5.43. The first-order valence-corrected chi connectivity index (χ1v) is 26.3. The molecule has 0 radical (unpaired) electrons. The zero-order valence-electron chi connectivity index (χ0n) is 40.0. The second-order valence-electron chi connectivity index (χ2n) is 17.9. The summed E-state index contributed by atoms with van der Waals surface area (Å²) >= 11 is 0. The molecule has 17 heteroatoms. The predicted molar refractivity (Wildman–Crippen MR) is 255 cm³/mol. The van der Waals surface area contributed by atoms with Gasteiger partial charge in [-0.2, -0.15) is 0 Å². The van der Waals surface area contributed by atoms with Crippen molar-refractivity contribution in [2.45, 2.75) is 216 Å². The molecule has 2 rings (SSSR count). The summed E-state index contributed by atoms with van der Waals surface area (Å²) in [6, 6.07) is 0. The molecule has 1 saturated carbocycles. The second kappa shape index (κ2) is 35.5. The Kier molecular flexibility index (Phi) is 32.1. The fraction of sp³-hybridized carbons (Fsp3) is 0.760. The monoisotopic (exact) mass is 973 g/mol. The maximum absolute atomic E-state index is 13.4. The molecule has 67 heavy (non-hydrogen) atoms. The standard InChI is InChI=1S/C50H85O16P/c1-3-5-7-8-9-10-11-12-13-14-15-16-17-18-19-20-21-22-23-25-30-43(54)63-35-38-36-64-67(61,62)66-50-48(59)46(57)40(33-32-37(51)28-24-6-4-2)42(53)34-41(52)39(45(56)47(58)49(50)60)29-26-27-31-44(55)65-38/h10-11,13-14,16-17,26-27,32-33,37-42,45-53,56-60H,3-9,12,15,18-25,28-31,34-36H2,1-2H3,(H,61,62)/b11-10-,14-13-,17-16-,27-26-,33-32-/t37-,38-,39-,40+,41+,42-,45-,46-,47+,48-,49-,50-/m1/s1. The van der Waals surface area contributed by atoms with Crippen LogP contribution in [0.25, 0.3) is 0 Å². The summed E-state index contributed by atoms with van der Waals surface area (Å²) in [5, 5.41) is 89.5. The highest BCUT2D eigenvalue weighted by atomic mass is 31.2.